The van der Waals surface area contributed by atoms with Gasteiger partial charge in [0.15, 0.2) is 15.0 Å². The molecule has 8 heteroatoms. The maximum atomic E-state index is 12.3. The second-order valence-corrected chi connectivity index (χ2v) is 10.2. The van der Waals surface area contributed by atoms with E-state index in [4.69, 9.17) is 11.6 Å². The lowest BCUT2D eigenvalue weighted by atomic mass is 10.0. The van der Waals surface area contributed by atoms with E-state index in [1.807, 2.05) is 31.4 Å². The standard InChI is InChI=1S/C21H21ClN2O3S2/c1-14-5-6-15(2)18(12-14)19-13-28-21(23-19)24-20(25)4-3-11-29(26,27)17-9-7-16(22)8-10-17/h5-10,12-13H,3-4,11H2,1-2H3,(H,23,24,25). The number of nitrogens with zero attached hydrogens (tertiary/aromatic N) is 1. The SMILES string of the molecule is Cc1ccc(C)c(-c2csc(NC(=O)CCCS(=O)(=O)c3ccc(Cl)cc3)n2)c1. The summed E-state index contributed by atoms with van der Waals surface area (Å²) < 4.78 is 24.6. The van der Waals surface area contributed by atoms with Gasteiger partial charge in [-0.2, -0.15) is 0 Å². The fraction of sp³-hybridized carbons (Fsp3) is 0.238. The highest BCUT2D eigenvalue weighted by atomic mass is 35.5. The number of carbonyl (C=O) groups excluding carboxylic acids is 1. The smallest absolute Gasteiger partial charge is 0.226 e. The van der Waals surface area contributed by atoms with Crippen LogP contribution in [-0.2, 0) is 14.6 Å². The zero-order chi connectivity index (χ0) is 21.0. The number of sulfone groups is 1. The number of halogens is 1. The normalized spacial score (nSPS) is 11.4. The fourth-order valence-corrected chi connectivity index (χ4v) is 4.99. The molecule has 0 bridgehead atoms. The third-order valence-electron chi connectivity index (χ3n) is 4.41. The lowest BCUT2D eigenvalue weighted by molar-refractivity contribution is -0.116. The van der Waals surface area contributed by atoms with Gasteiger partial charge < -0.3 is 5.32 Å². The van der Waals surface area contributed by atoms with Crippen LogP contribution in [-0.4, -0.2) is 25.1 Å². The van der Waals surface area contributed by atoms with Crippen molar-refractivity contribution in [1.29, 1.82) is 0 Å². The molecular weight excluding hydrogens is 428 g/mol. The number of amides is 1. The van der Waals surface area contributed by atoms with Gasteiger partial charge in [0.1, 0.15) is 0 Å². The van der Waals surface area contributed by atoms with E-state index < -0.39 is 9.84 Å². The van der Waals surface area contributed by atoms with Crippen LogP contribution in [0.5, 0.6) is 0 Å². The Labute approximate surface area is 179 Å². The predicted octanol–water partition coefficient (Wildman–Crippen LogP) is 5.27. The Morgan fingerprint density at radius 1 is 1.14 bits per heavy atom. The van der Waals surface area contributed by atoms with Crippen LogP contribution < -0.4 is 5.32 Å². The molecule has 0 unspecified atom stereocenters. The van der Waals surface area contributed by atoms with Crippen LogP contribution in [0.15, 0.2) is 52.7 Å². The summed E-state index contributed by atoms with van der Waals surface area (Å²) in [6, 6.07) is 12.2. The maximum Gasteiger partial charge on any atom is 0.226 e. The molecule has 3 aromatic rings. The fourth-order valence-electron chi connectivity index (χ4n) is 2.83. The topological polar surface area (TPSA) is 76.1 Å². The van der Waals surface area contributed by atoms with Crippen molar-refractivity contribution in [2.45, 2.75) is 31.6 Å². The Hall–Kier alpha value is -2.22. The third kappa shape index (κ3) is 5.65. The van der Waals surface area contributed by atoms with Gasteiger partial charge in [0, 0.05) is 22.4 Å². The van der Waals surface area contributed by atoms with Crippen LogP contribution in [0.1, 0.15) is 24.0 Å². The van der Waals surface area contributed by atoms with Gasteiger partial charge in [-0.3, -0.25) is 4.79 Å². The van der Waals surface area contributed by atoms with Gasteiger partial charge in [0.05, 0.1) is 16.3 Å². The number of hydrogen-bond donors (Lipinski definition) is 1. The van der Waals surface area contributed by atoms with Crippen molar-refractivity contribution in [3.63, 3.8) is 0 Å². The van der Waals surface area contributed by atoms with Crippen molar-refractivity contribution in [2.75, 3.05) is 11.1 Å². The van der Waals surface area contributed by atoms with E-state index in [9.17, 15) is 13.2 Å². The monoisotopic (exact) mass is 448 g/mol. The van der Waals surface area contributed by atoms with Crippen molar-refractivity contribution in [3.8, 4) is 11.3 Å². The lowest BCUT2D eigenvalue weighted by Gasteiger charge is -2.05. The number of rotatable bonds is 7. The summed E-state index contributed by atoms with van der Waals surface area (Å²) in [5.41, 5.74) is 4.12. The minimum atomic E-state index is -3.44. The van der Waals surface area contributed by atoms with Crippen LogP contribution in [0, 0.1) is 13.8 Å². The number of aromatic nitrogens is 1. The summed E-state index contributed by atoms with van der Waals surface area (Å²) in [6.45, 7) is 4.05. The quantitative estimate of drug-likeness (QED) is 0.534. The van der Waals surface area contributed by atoms with Crippen molar-refractivity contribution in [3.05, 3.63) is 64.0 Å². The molecule has 0 fully saturated rings. The third-order valence-corrected chi connectivity index (χ3v) is 7.24. The first-order valence-electron chi connectivity index (χ1n) is 9.06. The molecule has 3 rings (SSSR count). The molecule has 29 heavy (non-hydrogen) atoms. The molecule has 1 N–H and O–H groups in total. The summed E-state index contributed by atoms with van der Waals surface area (Å²) in [7, 11) is -3.44. The summed E-state index contributed by atoms with van der Waals surface area (Å²) in [6.07, 6.45) is 0.331. The molecule has 0 aliphatic carbocycles. The van der Waals surface area contributed by atoms with Gasteiger partial charge in [-0.25, -0.2) is 13.4 Å². The first-order chi connectivity index (χ1) is 13.7. The van der Waals surface area contributed by atoms with E-state index in [1.165, 1.54) is 35.6 Å². The highest BCUT2D eigenvalue weighted by Gasteiger charge is 2.16. The van der Waals surface area contributed by atoms with E-state index in [0.29, 0.717) is 10.2 Å². The first kappa shape index (κ1) is 21.5. The minimum absolute atomic E-state index is 0.102. The van der Waals surface area contributed by atoms with Crippen molar-refractivity contribution < 1.29 is 13.2 Å². The van der Waals surface area contributed by atoms with E-state index in [-0.39, 0.29) is 29.4 Å². The van der Waals surface area contributed by atoms with Crippen LogP contribution in [0.25, 0.3) is 11.3 Å². The van der Waals surface area contributed by atoms with Gasteiger partial charge in [-0.1, -0.05) is 29.3 Å². The highest BCUT2D eigenvalue weighted by molar-refractivity contribution is 7.91. The zero-order valence-corrected chi connectivity index (χ0v) is 18.5. The molecule has 0 saturated carbocycles. The Morgan fingerprint density at radius 3 is 2.59 bits per heavy atom. The van der Waals surface area contributed by atoms with Gasteiger partial charge in [0.2, 0.25) is 5.91 Å². The molecule has 1 heterocycles. The lowest BCUT2D eigenvalue weighted by Crippen LogP contribution is -2.14. The molecule has 2 aromatic carbocycles. The Balaban J connectivity index is 1.56. The van der Waals surface area contributed by atoms with E-state index in [1.54, 1.807) is 0 Å². The number of hydrogen-bond acceptors (Lipinski definition) is 5. The summed E-state index contributed by atoms with van der Waals surface area (Å²) >= 11 is 7.14. The second kappa shape index (κ2) is 9.07. The van der Waals surface area contributed by atoms with E-state index >= 15 is 0 Å². The van der Waals surface area contributed by atoms with E-state index in [2.05, 4.69) is 16.4 Å². The second-order valence-electron chi connectivity index (χ2n) is 6.78. The van der Waals surface area contributed by atoms with Crippen LogP contribution in [0.2, 0.25) is 5.02 Å². The Kier molecular flexibility index (Phi) is 6.72. The van der Waals surface area contributed by atoms with Gasteiger partial charge in [-0.15, -0.1) is 11.3 Å². The van der Waals surface area contributed by atoms with Crippen molar-refractivity contribution >= 4 is 43.8 Å². The van der Waals surface area contributed by atoms with Crippen molar-refractivity contribution in [1.82, 2.24) is 4.98 Å². The molecule has 1 amide bonds. The maximum absolute atomic E-state index is 12.3. The summed E-state index contributed by atoms with van der Waals surface area (Å²) in [5.74, 6) is -0.355. The number of benzene rings is 2. The number of thiazole rings is 1. The number of carbonyl (C=O) groups is 1. The molecule has 152 valence electrons. The summed E-state index contributed by atoms with van der Waals surface area (Å²) in [5, 5.41) is 5.65. The predicted molar refractivity (Wildman–Crippen MR) is 118 cm³/mol. The van der Waals surface area contributed by atoms with Crippen LogP contribution in [0.3, 0.4) is 0 Å². The Morgan fingerprint density at radius 2 is 1.86 bits per heavy atom. The van der Waals surface area contributed by atoms with Crippen molar-refractivity contribution in [2.24, 2.45) is 0 Å². The number of aryl methyl sites for hydroxylation is 2. The molecule has 0 atom stereocenters. The Bertz CT molecular complexity index is 1120. The number of nitrogens with one attached hydrogen (secondary N) is 1. The number of anilines is 1. The molecule has 0 radical (unpaired) electrons. The molecule has 0 saturated heterocycles. The minimum Gasteiger partial charge on any atom is -0.302 e. The molecule has 5 nitrogen and oxygen atoms in total. The molecule has 1 aromatic heterocycles. The van der Waals surface area contributed by atoms with Gasteiger partial charge >= 0.3 is 0 Å². The average molecular weight is 449 g/mol. The van der Waals surface area contributed by atoms with Gasteiger partial charge in [0.25, 0.3) is 0 Å². The molecule has 0 spiro atoms. The van der Waals surface area contributed by atoms with Crippen LogP contribution >= 0.6 is 22.9 Å². The van der Waals surface area contributed by atoms with Crippen LogP contribution in [0.4, 0.5) is 5.13 Å². The first-order valence-corrected chi connectivity index (χ1v) is 12.0. The summed E-state index contributed by atoms with van der Waals surface area (Å²) in [4.78, 5) is 16.9. The van der Waals surface area contributed by atoms with E-state index in [0.717, 1.165) is 22.4 Å². The molecular formula is C21H21ClN2O3S2. The average Bonchev–Trinajstić information content (AvgIpc) is 3.12. The molecule has 0 aliphatic heterocycles. The van der Waals surface area contributed by atoms with Gasteiger partial charge in [-0.05, 0) is 56.2 Å². The largest absolute Gasteiger partial charge is 0.302 e. The molecule has 0 aliphatic rings. The highest BCUT2D eigenvalue weighted by Crippen LogP contribution is 2.28. The zero-order valence-electron chi connectivity index (χ0n) is 16.1.